The van der Waals surface area contributed by atoms with Crippen LogP contribution in [-0.4, -0.2) is 0 Å². The highest BCUT2D eigenvalue weighted by molar-refractivity contribution is 5.17. The molecule has 1 fully saturated rings. The van der Waals surface area contributed by atoms with Gasteiger partial charge in [-0.05, 0) is 56.8 Å². The van der Waals surface area contributed by atoms with Crippen LogP contribution in [-0.2, 0) is 0 Å². The van der Waals surface area contributed by atoms with Crippen LogP contribution >= 0.6 is 0 Å². The highest BCUT2D eigenvalue weighted by Gasteiger charge is 2.37. The summed E-state index contributed by atoms with van der Waals surface area (Å²) in [6.45, 7) is 15.5. The summed E-state index contributed by atoms with van der Waals surface area (Å²) in [4.78, 5) is 0. The molecule has 2 rings (SSSR count). The van der Waals surface area contributed by atoms with E-state index in [2.05, 4.69) is 34.6 Å². The zero-order valence-corrected chi connectivity index (χ0v) is 15.4. The van der Waals surface area contributed by atoms with Crippen molar-refractivity contribution in [2.24, 2.45) is 11.3 Å². The molecular weight excluding hydrogens is 252 g/mol. The van der Waals surface area contributed by atoms with E-state index in [9.17, 15) is 0 Å². The Morgan fingerprint density at radius 3 is 1.95 bits per heavy atom. The lowest BCUT2D eigenvalue weighted by atomic mass is 9.67. The lowest BCUT2D eigenvalue weighted by Gasteiger charge is -2.38. The Bertz CT molecular complexity index is 266. The third-order valence-electron chi connectivity index (χ3n) is 5.12. The first-order valence-corrected chi connectivity index (χ1v) is 9.24. The fraction of sp³-hybridized carbons (Fsp3) is 0.905. The van der Waals surface area contributed by atoms with E-state index in [4.69, 9.17) is 0 Å². The van der Waals surface area contributed by atoms with Crippen molar-refractivity contribution in [3.05, 3.63) is 11.1 Å². The minimum absolute atomic E-state index is 0. The van der Waals surface area contributed by atoms with Gasteiger partial charge in [-0.15, -0.1) is 0 Å². The van der Waals surface area contributed by atoms with Gasteiger partial charge in [0.15, 0.2) is 0 Å². The lowest BCUT2D eigenvalue weighted by molar-refractivity contribution is 0.171. The maximum absolute atomic E-state index is 2.55. The molecule has 1 unspecified atom stereocenters. The quantitative estimate of drug-likeness (QED) is 0.451. The van der Waals surface area contributed by atoms with Crippen LogP contribution in [0.15, 0.2) is 11.1 Å². The molecule has 2 aliphatic rings. The first-order valence-electron chi connectivity index (χ1n) is 9.24. The van der Waals surface area contributed by atoms with Gasteiger partial charge in [0.25, 0.3) is 0 Å². The standard InChI is InChI=1S/C15H26.C3H8.C2H6.CH4/c1-4-13-11-14(8-7-12(13)2)15(3)9-5-6-10-15;1-3-2;1-2;/h14H,4-11H2,1-3H3;3H2,1-2H3;1-2H3;1H4. The van der Waals surface area contributed by atoms with Crippen LogP contribution in [0.3, 0.4) is 0 Å². The Morgan fingerprint density at radius 1 is 1.05 bits per heavy atom. The molecule has 0 saturated heterocycles. The van der Waals surface area contributed by atoms with Gasteiger partial charge in [-0.2, -0.15) is 0 Å². The van der Waals surface area contributed by atoms with Crippen LogP contribution in [0, 0.1) is 11.3 Å². The average molecular weight is 297 g/mol. The van der Waals surface area contributed by atoms with Gasteiger partial charge >= 0.3 is 0 Å². The van der Waals surface area contributed by atoms with Crippen molar-refractivity contribution in [2.45, 2.75) is 114 Å². The second-order valence-electron chi connectivity index (χ2n) is 6.75. The summed E-state index contributed by atoms with van der Waals surface area (Å²) in [5.41, 5.74) is 4.18. The zero-order chi connectivity index (χ0) is 15.6. The topological polar surface area (TPSA) is 0 Å². The Balaban J connectivity index is 0. The molecule has 0 heterocycles. The molecule has 0 aromatic carbocycles. The molecule has 1 saturated carbocycles. The van der Waals surface area contributed by atoms with Gasteiger partial charge in [0.05, 0.1) is 0 Å². The number of allylic oxidation sites excluding steroid dienone is 2. The lowest BCUT2D eigenvalue weighted by Crippen LogP contribution is -2.27. The molecule has 0 aliphatic heterocycles. The smallest absolute Gasteiger partial charge is 0.0284 e. The van der Waals surface area contributed by atoms with Crippen LogP contribution in [0.5, 0.6) is 0 Å². The van der Waals surface area contributed by atoms with Crippen molar-refractivity contribution < 1.29 is 0 Å². The molecule has 21 heavy (non-hydrogen) atoms. The molecule has 0 aromatic heterocycles. The van der Waals surface area contributed by atoms with Crippen molar-refractivity contribution in [2.75, 3.05) is 0 Å². The van der Waals surface area contributed by atoms with Gasteiger partial charge in [-0.3, -0.25) is 0 Å². The minimum atomic E-state index is 0. The van der Waals surface area contributed by atoms with E-state index in [0.717, 1.165) is 5.92 Å². The zero-order valence-electron chi connectivity index (χ0n) is 15.4. The molecule has 0 nitrogen and oxygen atoms in total. The summed E-state index contributed by atoms with van der Waals surface area (Å²) in [5, 5.41) is 0. The summed E-state index contributed by atoms with van der Waals surface area (Å²) in [5.74, 6) is 0.999. The predicted octanol–water partition coefficient (Wildman–Crippen LogP) is 8.17. The Hall–Kier alpha value is -0.260. The van der Waals surface area contributed by atoms with E-state index in [1.807, 2.05) is 13.8 Å². The molecule has 0 aromatic rings. The maximum Gasteiger partial charge on any atom is -0.0284 e. The largest absolute Gasteiger partial charge is 0.0776 e. The molecule has 0 radical (unpaired) electrons. The van der Waals surface area contributed by atoms with Crippen molar-refractivity contribution in [3.8, 4) is 0 Å². The maximum atomic E-state index is 2.55. The van der Waals surface area contributed by atoms with E-state index < -0.39 is 0 Å². The summed E-state index contributed by atoms with van der Waals surface area (Å²) in [6.07, 6.45) is 12.8. The van der Waals surface area contributed by atoms with Crippen LogP contribution in [0.2, 0.25) is 0 Å². The second kappa shape index (κ2) is 12.3. The van der Waals surface area contributed by atoms with E-state index in [1.54, 1.807) is 11.1 Å². The van der Waals surface area contributed by atoms with Crippen LogP contribution in [0.1, 0.15) is 114 Å². The highest BCUT2D eigenvalue weighted by Crippen LogP contribution is 2.50. The summed E-state index contributed by atoms with van der Waals surface area (Å²) >= 11 is 0. The Labute approximate surface area is 136 Å². The van der Waals surface area contributed by atoms with E-state index >= 15 is 0 Å². The molecule has 0 heteroatoms. The molecule has 0 amide bonds. The monoisotopic (exact) mass is 296 g/mol. The molecule has 0 N–H and O–H groups in total. The first-order chi connectivity index (χ1) is 9.57. The van der Waals surface area contributed by atoms with Crippen LogP contribution in [0.25, 0.3) is 0 Å². The summed E-state index contributed by atoms with van der Waals surface area (Å²) in [7, 11) is 0. The van der Waals surface area contributed by atoms with Crippen molar-refractivity contribution in [3.63, 3.8) is 0 Å². The van der Waals surface area contributed by atoms with Crippen molar-refractivity contribution >= 4 is 0 Å². The molecule has 1 atom stereocenters. The van der Waals surface area contributed by atoms with E-state index in [1.165, 1.54) is 57.8 Å². The normalized spacial score (nSPS) is 23.3. The molecular formula is C21H44. The number of hydrogen-bond donors (Lipinski definition) is 0. The average Bonchev–Trinajstić information content (AvgIpc) is 2.90. The van der Waals surface area contributed by atoms with Crippen molar-refractivity contribution in [1.82, 2.24) is 0 Å². The van der Waals surface area contributed by atoms with Gasteiger partial charge in [-0.1, -0.05) is 79.4 Å². The van der Waals surface area contributed by atoms with E-state index in [0.29, 0.717) is 5.41 Å². The molecule has 0 spiro atoms. The predicted molar refractivity (Wildman–Crippen MR) is 101 cm³/mol. The second-order valence-corrected chi connectivity index (χ2v) is 6.75. The first kappa shape index (κ1) is 23.0. The fourth-order valence-electron chi connectivity index (χ4n) is 3.77. The molecule has 2 aliphatic carbocycles. The number of hydrogen-bond acceptors (Lipinski definition) is 0. The van der Waals surface area contributed by atoms with Gasteiger partial charge in [0.1, 0.15) is 0 Å². The third kappa shape index (κ3) is 7.02. The molecule has 128 valence electrons. The number of rotatable bonds is 2. The third-order valence-corrected chi connectivity index (χ3v) is 5.12. The highest BCUT2D eigenvalue weighted by atomic mass is 14.4. The van der Waals surface area contributed by atoms with Crippen LogP contribution in [0.4, 0.5) is 0 Å². The molecule has 0 bridgehead atoms. The van der Waals surface area contributed by atoms with Gasteiger partial charge < -0.3 is 0 Å². The van der Waals surface area contributed by atoms with Gasteiger partial charge in [0.2, 0.25) is 0 Å². The van der Waals surface area contributed by atoms with Gasteiger partial charge in [0, 0.05) is 0 Å². The SMILES string of the molecule is C.CC.CCC.CCC1=C(C)CCC(C2(C)CCCC2)C1. The summed E-state index contributed by atoms with van der Waals surface area (Å²) in [6, 6.07) is 0. The van der Waals surface area contributed by atoms with E-state index in [-0.39, 0.29) is 7.43 Å². The Morgan fingerprint density at radius 2 is 1.52 bits per heavy atom. The van der Waals surface area contributed by atoms with Crippen LogP contribution < -0.4 is 0 Å². The fourth-order valence-corrected chi connectivity index (χ4v) is 3.77. The summed E-state index contributed by atoms with van der Waals surface area (Å²) < 4.78 is 0. The van der Waals surface area contributed by atoms with Gasteiger partial charge in [-0.25, -0.2) is 0 Å². The minimum Gasteiger partial charge on any atom is -0.0776 e. The Kier molecular flexibility index (Phi) is 13.5. The van der Waals surface area contributed by atoms with Crippen molar-refractivity contribution in [1.29, 1.82) is 0 Å².